The van der Waals surface area contributed by atoms with Gasteiger partial charge in [0.25, 0.3) is 0 Å². The molecule has 0 atom stereocenters. The summed E-state index contributed by atoms with van der Waals surface area (Å²) in [6, 6.07) is 9.58. The lowest BCUT2D eigenvalue weighted by molar-refractivity contribution is -0.123. The van der Waals surface area contributed by atoms with E-state index in [1.54, 1.807) is 19.5 Å². The van der Waals surface area contributed by atoms with Crippen LogP contribution < -0.4 is 10.1 Å². The summed E-state index contributed by atoms with van der Waals surface area (Å²) in [5, 5.41) is 2.94. The number of anilines is 1. The van der Waals surface area contributed by atoms with Gasteiger partial charge in [0.2, 0.25) is 5.91 Å². The van der Waals surface area contributed by atoms with Crippen molar-refractivity contribution in [3.05, 3.63) is 42.7 Å². The maximum Gasteiger partial charge on any atom is 0.229 e. The molecule has 0 unspecified atom stereocenters. The summed E-state index contributed by atoms with van der Waals surface area (Å²) in [4.78, 5) is 16.3. The van der Waals surface area contributed by atoms with E-state index in [1.807, 2.05) is 51.1 Å². The van der Waals surface area contributed by atoms with E-state index in [2.05, 4.69) is 10.3 Å². The number of amides is 1. The lowest BCUT2D eigenvalue weighted by atomic mass is 9.95. The molecule has 4 nitrogen and oxygen atoms in total. The summed E-state index contributed by atoms with van der Waals surface area (Å²) in [5.74, 6) is 0.710. The Morgan fingerprint density at radius 2 is 1.86 bits per heavy atom. The fourth-order valence-electron chi connectivity index (χ4n) is 1.91. The fourth-order valence-corrected chi connectivity index (χ4v) is 1.91. The molecule has 4 heteroatoms. The Labute approximate surface area is 125 Å². The Morgan fingerprint density at radius 3 is 2.52 bits per heavy atom. The number of hydrogen-bond donors (Lipinski definition) is 1. The Balaban J connectivity index is 2.44. The third kappa shape index (κ3) is 3.40. The highest BCUT2D eigenvalue weighted by molar-refractivity contribution is 5.98. The van der Waals surface area contributed by atoms with Gasteiger partial charge in [-0.1, -0.05) is 39.0 Å². The maximum atomic E-state index is 12.2. The first-order chi connectivity index (χ1) is 9.93. The lowest BCUT2D eigenvalue weighted by Crippen LogP contribution is -2.27. The standard InChI is InChI=1S/C17H20N2O2/c1-17(2,3)16(20)19-14-11-18-10-9-12(14)13-7-5-6-8-15(13)21-4/h5-11H,1-4H3,(H,19,20). The number of methoxy groups -OCH3 is 1. The van der Waals surface area contributed by atoms with Crippen LogP contribution in [0.15, 0.2) is 42.7 Å². The first-order valence-corrected chi connectivity index (χ1v) is 6.82. The number of ether oxygens (including phenoxy) is 1. The van der Waals surface area contributed by atoms with Gasteiger partial charge in [0.15, 0.2) is 0 Å². The minimum Gasteiger partial charge on any atom is -0.496 e. The molecule has 0 saturated heterocycles. The quantitative estimate of drug-likeness (QED) is 0.934. The zero-order valence-corrected chi connectivity index (χ0v) is 12.8. The van der Waals surface area contributed by atoms with Crippen LogP contribution in [0.3, 0.4) is 0 Å². The average Bonchev–Trinajstić information content (AvgIpc) is 2.47. The topological polar surface area (TPSA) is 51.2 Å². The number of rotatable bonds is 3. The minimum absolute atomic E-state index is 0.0494. The monoisotopic (exact) mass is 284 g/mol. The van der Waals surface area contributed by atoms with Gasteiger partial charge in [-0.05, 0) is 12.1 Å². The molecule has 1 amide bonds. The first kappa shape index (κ1) is 15.0. The molecule has 1 aromatic carbocycles. The number of carbonyl (C=O) groups excluding carboxylic acids is 1. The van der Waals surface area contributed by atoms with Crippen LogP contribution in [-0.2, 0) is 4.79 Å². The molecular formula is C17H20N2O2. The maximum absolute atomic E-state index is 12.2. The Morgan fingerprint density at radius 1 is 1.14 bits per heavy atom. The van der Waals surface area contributed by atoms with Crippen LogP contribution in [0.1, 0.15) is 20.8 Å². The summed E-state index contributed by atoms with van der Waals surface area (Å²) in [6.45, 7) is 5.63. The van der Waals surface area contributed by atoms with Crippen molar-refractivity contribution in [2.75, 3.05) is 12.4 Å². The predicted molar refractivity (Wildman–Crippen MR) is 84.3 cm³/mol. The van der Waals surface area contributed by atoms with Crippen molar-refractivity contribution >= 4 is 11.6 Å². The second-order valence-electron chi connectivity index (χ2n) is 5.83. The number of benzene rings is 1. The van der Waals surface area contributed by atoms with Crippen molar-refractivity contribution in [2.45, 2.75) is 20.8 Å². The molecule has 2 rings (SSSR count). The molecule has 0 spiro atoms. The van der Waals surface area contributed by atoms with E-state index < -0.39 is 5.41 Å². The lowest BCUT2D eigenvalue weighted by Gasteiger charge is -2.19. The minimum atomic E-state index is -0.464. The number of pyridine rings is 1. The molecule has 0 fully saturated rings. The van der Waals surface area contributed by atoms with E-state index in [1.165, 1.54) is 0 Å². The van der Waals surface area contributed by atoms with Gasteiger partial charge in [0, 0.05) is 22.7 Å². The van der Waals surface area contributed by atoms with Crippen molar-refractivity contribution in [3.63, 3.8) is 0 Å². The molecule has 0 aliphatic heterocycles. The van der Waals surface area contributed by atoms with E-state index in [4.69, 9.17) is 4.74 Å². The van der Waals surface area contributed by atoms with Crippen molar-refractivity contribution in [3.8, 4) is 16.9 Å². The number of hydrogen-bond acceptors (Lipinski definition) is 3. The number of aromatic nitrogens is 1. The van der Waals surface area contributed by atoms with Gasteiger partial charge in [-0.2, -0.15) is 0 Å². The molecule has 1 heterocycles. The van der Waals surface area contributed by atoms with Gasteiger partial charge in [0.1, 0.15) is 5.75 Å². The van der Waals surface area contributed by atoms with Crippen molar-refractivity contribution in [1.82, 2.24) is 4.98 Å². The molecule has 0 aliphatic carbocycles. The van der Waals surface area contributed by atoms with Gasteiger partial charge >= 0.3 is 0 Å². The summed E-state index contributed by atoms with van der Waals surface area (Å²) in [6.07, 6.45) is 3.36. The zero-order valence-electron chi connectivity index (χ0n) is 12.8. The first-order valence-electron chi connectivity index (χ1n) is 6.82. The SMILES string of the molecule is COc1ccccc1-c1ccncc1NC(=O)C(C)(C)C. The summed E-state index contributed by atoms with van der Waals surface area (Å²) in [5.41, 5.74) is 2.03. The van der Waals surface area contributed by atoms with Crippen molar-refractivity contribution < 1.29 is 9.53 Å². The highest BCUT2D eigenvalue weighted by atomic mass is 16.5. The molecule has 110 valence electrons. The van der Waals surface area contributed by atoms with E-state index >= 15 is 0 Å². The van der Waals surface area contributed by atoms with Crippen LogP contribution >= 0.6 is 0 Å². The Hall–Kier alpha value is -2.36. The third-order valence-electron chi connectivity index (χ3n) is 3.15. The van der Waals surface area contributed by atoms with Gasteiger partial charge < -0.3 is 10.1 Å². The molecule has 0 radical (unpaired) electrons. The average molecular weight is 284 g/mol. The highest BCUT2D eigenvalue weighted by Crippen LogP contribution is 2.34. The Bertz CT molecular complexity index is 645. The summed E-state index contributed by atoms with van der Waals surface area (Å²) in [7, 11) is 1.63. The van der Waals surface area contributed by atoms with Crippen LogP contribution in [0.5, 0.6) is 5.75 Å². The number of nitrogens with zero attached hydrogens (tertiary/aromatic N) is 1. The molecule has 1 aromatic heterocycles. The van der Waals surface area contributed by atoms with Gasteiger partial charge in [-0.25, -0.2) is 0 Å². The number of para-hydroxylation sites is 1. The van der Waals surface area contributed by atoms with Crippen LogP contribution in [0.4, 0.5) is 5.69 Å². The van der Waals surface area contributed by atoms with Crippen LogP contribution in [0.25, 0.3) is 11.1 Å². The summed E-state index contributed by atoms with van der Waals surface area (Å²) >= 11 is 0. The zero-order chi connectivity index (χ0) is 15.5. The van der Waals surface area contributed by atoms with Crippen LogP contribution in [-0.4, -0.2) is 18.0 Å². The highest BCUT2D eigenvalue weighted by Gasteiger charge is 2.22. The van der Waals surface area contributed by atoms with Crippen molar-refractivity contribution in [2.24, 2.45) is 5.41 Å². The molecule has 21 heavy (non-hydrogen) atoms. The molecule has 1 N–H and O–H groups in total. The van der Waals surface area contributed by atoms with Gasteiger partial charge in [0.05, 0.1) is 19.0 Å². The molecular weight excluding hydrogens is 264 g/mol. The molecule has 2 aromatic rings. The largest absolute Gasteiger partial charge is 0.496 e. The van der Waals surface area contributed by atoms with E-state index in [-0.39, 0.29) is 5.91 Å². The van der Waals surface area contributed by atoms with Gasteiger partial charge in [-0.3, -0.25) is 9.78 Å². The van der Waals surface area contributed by atoms with Crippen LogP contribution in [0, 0.1) is 5.41 Å². The number of carbonyl (C=O) groups is 1. The fraction of sp³-hybridized carbons (Fsp3) is 0.294. The summed E-state index contributed by atoms with van der Waals surface area (Å²) < 4.78 is 5.39. The number of nitrogens with one attached hydrogen (secondary N) is 1. The third-order valence-corrected chi connectivity index (χ3v) is 3.15. The van der Waals surface area contributed by atoms with Crippen LogP contribution in [0.2, 0.25) is 0 Å². The second kappa shape index (κ2) is 5.95. The Kier molecular flexibility index (Phi) is 4.26. The normalized spacial score (nSPS) is 11.0. The van der Waals surface area contributed by atoms with E-state index in [0.717, 1.165) is 16.9 Å². The smallest absolute Gasteiger partial charge is 0.229 e. The van der Waals surface area contributed by atoms with E-state index in [9.17, 15) is 4.79 Å². The molecule has 0 aliphatic rings. The van der Waals surface area contributed by atoms with Gasteiger partial charge in [-0.15, -0.1) is 0 Å². The van der Waals surface area contributed by atoms with E-state index in [0.29, 0.717) is 5.69 Å². The predicted octanol–water partition coefficient (Wildman–Crippen LogP) is 3.74. The van der Waals surface area contributed by atoms with Crippen molar-refractivity contribution in [1.29, 1.82) is 0 Å². The molecule has 0 saturated carbocycles. The second-order valence-corrected chi connectivity index (χ2v) is 5.83. The molecule has 0 bridgehead atoms.